The van der Waals surface area contributed by atoms with Crippen molar-refractivity contribution in [1.29, 1.82) is 0 Å². The van der Waals surface area contributed by atoms with Crippen LogP contribution in [0.4, 0.5) is 11.4 Å². The fraction of sp³-hybridized carbons (Fsp3) is 0. The van der Waals surface area contributed by atoms with Crippen molar-refractivity contribution in [3.05, 3.63) is 58.8 Å². The Morgan fingerprint density at radius 1 is 0.875 bits per heavy atom. The zero-order chi connectivity index (χ0) is 11.0. The molecule has 0 radical (unpaired) electrons. The first-order valence-electron chi connectivity index (χ1n) is 5.02. The third kappa shape index (κ3) is 1.34. The van der Waals surface area contributed by atoms with Gasteiger partial charge >= 0.3 is 0 Å². The normalized spacial score (nSPS) is 11.8. The van der Waals surface area contributed by atoms with E-state index in [0.717, 1.165) is 11.4 Å². The van der Waals surface area contributed by atoms with Crippen LogP contribution in [0.25, 0.3) is 0 Å². The molecule has 0 saturated heterocycles. The minimum Gasteiger partial charge on any atom is -0.453 e. The van der Waals surface area contributed by atoms with Crippen molar-refractivity contribution < 1.29 is 4.74 Å². The van der Waals surface area contributed by atoms with E-state index < -0.39 is 0 Å². The van der Waals surface area contributed by atoms with Gasteiger partial charge in [0.1, 0.15) is 5.69 Å². The smallest absolute Gasteiger partial charge is 0.205 e. The largest absolute Gasteiger partial charge is 0.453 e. The van der Waals surface area contributed by atoms with Crippen LogP contribution in [0.1, 0.15) is 0 Å². The number of ether oxygens (including phenoxy) is 1. The average molecular weight is 211 g/mol. The van der Waals surface area contributed by atoms with Crippen LogP contribution >= 0.6 is 0 Å². The van der Waals surface area contributed by atoms with E-state index in [2.05, 4.69) is 5.32 Å². The second kappa shape index (κ2) is 3.38. The first-order chi connectivity index (χ1) is 7.84. The number of anilines is 2. The molecule has 3 nitrogen and oxygen atoms in total. The Balaban J connectivity index is 2.22. The van der Waals surface area contributed by atoms with Crippen LogP contribution in [0, 0.1) is 0 Å². The Hall–Kier alpha value is -2.29. The van der Waals surface area contributed by atoms with Gasteiger partial charge in [0, 0.05) is 0 Å². The molecule has 1 N–H and O–H groups in total. The molecule has 1 aliphatic rings. The molecule has 0 bridgehead atoms. The molecular weight excluding hydrogens is 202 g/mol. The third-order valence-electron chi connectivity index (χ3n) is 2.47. The van der Waals surface area contributed by atoms with Crippen molar-refractivity contribution >= 4 is 11.4 Å². The van der Waals surface area contributed by atoms with E-state index in [1.165, 1.54) is 6.07 Å². The number of nitrogens with one attached hydrogen (secondary N) is 1. The molecule has 0 saturated carbocycles. The molecule has 0 aliphatic carbocycles. The second-order valence-electron chi connectivity index (χ2n) is 3.54. The van der Waals surface area contributed by atoms with Crippen molar-refractivity contribution in [1.82, 2.24) is 0 Å². The number of fused-ring (bicyclic) bond motifs is 2. The van der Waals surface area contributed by atoms with Gasteiger partial charge in [-0.15, -0.1) is 0 Å². The summed E-state index contributed by atoms with van der Waals surface area (Å²) in [6, 6.07) is 14.3. The van der Waals surface area contributed by atoms with Gasteiger partial charge in [0.25, 0.3) is 0 Å². The highest BCUT2D eigenvalue weighted by Gasteiger charge is 2.16. The zero-order valence-corrected chi connectivity index (χ0v) is 8.44. The maximum Gasteiger partial charge on any atom is 0.205 e. The highest BCUT2D eigenvalue weighted by atomic mass is 16.5. The lowest BCUT2D eigenvalue weighted by molar-refractivity contribution is 0.481. The molecule has 0 aromatic heterocycles. The van der Waals surface area contributed by atoms with E-state index in [1.54, 1.807) is 18.2 Å². The molecule has 1 heterocycles. The lowest BCUT2D eigenvalue weighted by atomic mass is 10.2. The molecule has 3 rings (SSSR count). The van der Waals surface area contributed by atoms with Crippen LogP contribution in [0.5, 0.6) is 11.5 Å². The maximum absolute atomic E-state index is 11.7. The topological polar surface area (TPSA) is 38.3 Å². The summed E-state index contributed by atoms with van der Waals surface area (Å²) in [5, 5.41) is 3.09. The lowest BCUT2D eigenvalue weighted by Gasteiger charge is -2.19. The van der Waals surface area contributed by atoms with Gasteiger partial charge in [0.15, 0.2) is 11.5 Å². The molecule has 0 fully saturated rings. The second-order valence-corrected chi connectivity index (χ2v) is 3.54. The summed E-state index contributed by atoms with van der Waals surface area (Å²) in [6.45, 7) is 0. The Morgan fingerprint density at radius 3 is 2.44 bits per heavy atom. The summed E-state index contributed by atoms with van der Waals surface area (Å²) in [5.74, 6) is 1.30. The van der Waals surface area contributed by atoms with Gasteiger partial charge < -0.3 is 10.1 Å². The Bertz CT molecular complexity index is 608. The number of para-hydroxylation sites is 2. The average Bonchev–Trinajstić information content (AvgIpc) is 2.49. The SMILES string of the molecule is O=c1ccccc2c1Nc1ccccc1O2. The van der Waals surface area contributed by atoms with Crippen molar-refractivity contribution in [2.75, 3.05) is 5.32 Å². The fourth-order valence-corrected chi connectivity index (χ4v) is 1.69. The Labute approximate surface area is 92.3 Å². The Kier molecular flexibility index (Phi) is 1.90. The highest BCUT2D eigenvalue weighted by Crippen LogP contribution is 2.38. The standard InChI is InChI=1S/C13H9NO2/c15-10-6-2-4-8-12-13(10)14-9-5-1-3-7-11(9)16-12/h1-8,14H. The first kappa shape index (κ1) is 8.97. The van der Waals surface area contributed by atoms with Gasteiger partial charge in [0.05, 0.1) is 5.69 Å². The van der Waals surface area contributed by atoms with E-state index in [4.69, 9.17) is 4.74 Å². The van der Waals surface area contributed by atoms with Crippen LogP contribution in [0.15, 0.2) is 53.3 Å². The Morgan fingerprint density at radius 2 is 1.56 bits per heavy atom. The van der Waals surface area contributed by atoms with Gasteiger partial charge in [-0.05, 0) is 24.3 Å². The molecule has 3 heteroatoms. The number of benzene rings is 1. The van der Waals surface area contributed by atoms with E-state index in [9.17, 15) is 4.79 Å². The van der Waals surface area contributed by atoms with Gasteiger partial charge in [0.2, 0.25) is 5.43 Å². The minimum absolute atomic E-state index is 0.0745. The predicted molar refractivity (Wildman–Crippen MR) is 62.5 cm³/mol. The van der Waals surface area contributed by atoms with Gasteiger partial charge in [-0.3, -0.25) is 4.79 Å². The summed E-state index contributed by atoms with van der Waals surface area (Å²) < 4.78 is 5.66. The van der Waals surface area contributed by atoms with Gasteiger partial charge in [-0.1, -0.05) is 24.3 Å². The summed E-state index contributed by atoms with van der Waals surface area (Å²) in [6.07, 6.45) is 0. The van der Waals surface area contributed by atoms with Crippen molar-refractivity contribution in [3.8, 4) is 11.5 Å². The lowest BCUT2D eigenvalue weighted by Crippen LogP contribution is -2.10. The number of hydrogen-bond acceptors (Lipinski definition) is 3. The van der Waals surface area contributed by atoms with Crippen molar-refractivity contribution in [3.63, 3.8) is 0 Å². The molecule has 16 heavy (non-hydrogen) atoms. The fourth-order valence-electron chi connectivity index (χ4n) is 1.69. The monoisotopic (exact) mass is 211 g/mol. The van der Waals surface area contributed by atoms with E-state index in [-0.39, 0.29) is 5.43 Å². The summed E-state index contributed by atoms with van der Waals surface area (Å²) in [4.78, 5) is 11.7. The molecule has 0 unspecified atom stereocenters. The van der Waals surface area contributed by atoms with Crippen LogP contribution in [-0.4, -0.2) is 0 Å². The minimum atomic E-state index is -0.0745. The molecule has 1 aliphatic heterocycles. The molecule has 2 aromatic carbocycles. The predicted octanol–water partition coefficient (Wildman–Crippen LogP) is 2.90. The van der Waals surface area contributed by atoms with Crippen LogP contribution in [0.3, 0.4) is 0 Å². The number of hydrogen-bond donors (Lipinski definition) is 1. The van der Waals surface area contributed by atoms with E-state index in [1.807, 2.05) is 24.3 Å². The van der Waals surface area contributed by atoms with Crippen molar-refractivity contribution in [2.24, 2.45) is 0 Å². The summed E-state index contributed by atoms with van der Waals surface area (Å²) >= 11 is 0. The molecule has 2 aromatic rings. The van der Waals surface area contributed by atoms with Crippen LogP contribution < -0.4 is 15.5 Å². The summed E-state index contributed by atoms with van der Waals surface area (Å²) in [7, 11) is 0. The maximum atomic E-state index is 11.7. The van der Waals surface area contributed by atoms with Crippen LogP contribution in [-0.2, 0) is 0 Å². The van der Waals surface area contributed by atoms with Crippen LogP contribution in [0.2, 0.25) is 0 Å². The molecule has 78 valence electrons. The molecular formula is C13H9NO2. The third-order valence-corrected chi connectivity index (χ3v) is 2.47. The van der Waals surface area contributed by atoms with Gasteiger partial charge in [-0.2, -0.15) is 0 Å². The first-order valence-corrected chi connectivity index (χ1v) is 5.02. The van der Waals surface area contributed by atoms with Crippen molar-refractivity contribution in [2.45, 2.75) is 0 Å². The molecule has 0 spiro atoms. The van der Waals surface area contributed by atoms with Gasteiger partial charge in [-0.25, -0.2) is 0 Å². The number of rotatable bonds is 0. The molecule has 0 atom stereocenters. The van der Waals surface area contributed by atoms with E-state index in [0.29, 0.717) is 11.4 Å². The molecule has 0 amide bonds. The summed E-state index contributed by atoms with van der Waals surface area (Å²) in [5.41, 5.74) is 1.23. The quantitative estimate of drug-likeness (QED) is 0.621. The highest BCUT2D eigenvalue weighted by molar-refractivity contribution is 5.74. The van der Waals surface area contributed by atoms with E-state index >= 15 is 0 Å². The zero-order valence-electron chi connectivity index (χ0n) is 8.44.